The number of carbonyl (C=O) groups excluding carboxylic acids is 2. The number of ether oxygens (including phenoxy) is 1. The Balaban J connectivity index is 1.28. The van der Waals surface area contributed by atoms with Crippen LogP contribution in [0.25, 0.3) is 11.1 Å². The summed E-state index contributed by atoms with van der Waals surface area (Å²) in [6, 6.07) is 16.8. The van der Waals surface area contributed by atoms with E-state index in [2.05, 4.69) is 31.2 Å². The molecule has 4 nitrogen and oxygen atoms in total. The lowest BCUT2D eigenvalue weighted by Gasteiger charge is -2.29. The van der Waals surface area contributed by atoms with Gasteiger partial charge in [0.05, 0.1) is 0 Å². The van der Waals surface area contributed by atoms with Crippen molar-refractivity contribution in [1.82, 2.24) is 4.90 Å². The van der Waals surface area contributed by atoms with Crippen LogP contribution in [0.4, 0.5) is 0 Å². The van der Waals surface area contributed by atoms with Crippen LogP contribution in [0.5, 0.6) is 5.75 Å². The lowest BCUT2D eigenvalue weighted by atomic mass is 9.77. The smallest absolute Gasteiger partial charge is 0.256 e. The second kappa shape index (κ2) is 10.6. The third-order valence-corrected chi connectivity index (χ3v) is 6.89. The molecule has 0 atom stereocenters. The molecule has 1 heterocycles. The zero-order valence-corrected chi connectivity index (χ0v) is 19.0. The highest BCUT2D eigenvalue weighted by molar-refractivity contribution is 6.12. The second-order valence-electron chi connectivity index (χ2n) is 9.07. The van der Waals surface area contributed by atoms with Crippen LogP contribution < -0.4 is 4.74 Å². The molecule has 2 aromatic carbocycles. The van der Waals surface area contributed by atoms with Gasteiger partial charge in [-0.05, 0) is 66.3 Å². The van der Waals surface area contributed by atoms with Crippen molar-refractivity contribution in [2.45, 2.75) is 64.2 Å². The quantitative estimate of drug-likeness (QED) is 0.338. The predicted octanol–water partition coefficient (Wildman–Crippen LogP) is 6.47. The molecule has 0 radical (unpaired) electrons. The topological polar surface area (TPSA) is 46.6 Å². The molecular weight excluding hydrogens is 398 g/mol. The summed E-state index contributed by atoms with van der Waals surface area (Å²) in [6.45, 7) is 2.21. The van der Waals surface area contributed by atoms with E-state index in [1.807, 2.05) is 24.3 Å². The molecule has 0 N–H and O–H groups in total. The summed E-state index contributed by atoms with van der Waals surface area (Å²) in [5.41, 5.74) is 3.77. The minimum Gasteiger partial charge on any atom is -0.473 e. The first-order valence-corrected chi connectivity index (χ1v) is 12.0. The van der Waals surface area contributed by atoms with Crippen molar-refractivity contribution in [3.8, 4) is 16.9 Å². The molecule has 0 spiro atoms. The number of unbranched alkanes of at least 4 members (excludes halogenated alkanes) is 2. The van der Waals surface area contributed by atoms with Crippen LogP contribution in [0.1, 0.15) is 69.8 Å². The fourth-order valence-electron chi connectivity index (χ4n) is 4.86. The molecular formula is C28H33NO3. The van der Waals surface area contributed by atoms with Crippen molar-refractivity contribution in [2.24, 2.45) is 5.92 Å². The van der Waals surface area contributed by atoms with E-state index in [9.17, 15) is 9.59 Å². The number of hydrogen-bond donors (Lipinski definition) is 0. The van der Waals surface area contributed by atoms with Gasteiger partial charge in [0, 0.05) is 12.2 Å². The van der Waals surface area contributed by atoms with Gasteiger partial charge >= 0.3 is 0 Å². The monoisotopic (exact) mass is 431 g/mol. The third-order valence-electron chi connectivity index (χ3n) is 6.89. The van der Waals surface area contributed by atoms with E-state index in [0.717, 1.165) is 16.4 Å². The first-order chi connectivity index (χ1) is 15.6. The Morgan fingerprint density at radius 3 is 2.00 bits per heavy atom. The molecule has 1 saturated carbocycles. The number of benzene rings is 2. The van der Waals surface area contributed by atoms with Gasteiger partial charge in [-0.15, -0.1) is 0 Å². The number of imide groups is 1. The van der Waals surface area contributed by atoms with Gasteiger partial charge in [-0.25, -0.2) is 4.90 Å². The van der Waals surface area contributed by atoms with Crippen LogP contribution in [-0.4, -0.2) is 23.4 Å². The summed E-state index contributed by atoms with van der Waals surface area (Å²) in [4.78, 5) is 24.3. The van der Waals surface area contributed by atoms with Crippen LogP contribution in [0.3, 0.4) is 0 Å². The SMILES string of the molecule is CCCCCC1CCC(c2ccc(-c3ccc(OCN4C(=O)C=CC4=O)cc3)cc2)CC1. The molecule has 4 heteroatoms. The Morgan fingerprint density at radius 2 is 1.41 bits per heavy atom. The van der Waals surface area contributed by atoms with Crippen molar-refractivity contribution in [2.75, 3.05) is 6.73 Å². The van der Waals surface area contributed by atoms with E-state index in [-0.39, 0.29) is 18.5 Å². The van der Waals surface area contributed by atoms with Gasteiger partial charge in [-0.3, -0.25) is 9.59 Å². The normalized spacial score (nSPS) is 20.7. The van der Waals surface area contributed by atoms with Crippen molar-refractivity contribution in [3.63, 3.8) is 0 Å². The summed E-state index contributed by atoms with van der Waals surface area (Å²) in [7, 11) is 0. The van der Waals surface area contributed by atoms with E-state index < -0.39 is 0 Å². The van der Waals surface area contributed by atoms with Crippen molar-refractivity contribution in [1.29, 1.82) is 0 Å². The molecule has 1 aliphatic heterocycles. The molecule has 1 aliphatic carbocycles. The lowest BCUT2D eigenvalue weighted by Crippen LogP contribution is -2.33. The highest BCUT2D eigenvalue weighted by Gasteiger charge is 2.24. The first-order valence-electron chi connectivity index (χ1n) is 12.0. The Bertz CT molecular complexity index is 920. The van der Waals surface area contributed by atoms with E-state index >= 15 is 0 Å². The Morgan fingerprint density at radius 1 is 0.812 bits per heavy atom. The third kappa shape index (κ3) is 5.48. The maximum Gasteiger partial charge on any atom is 0.256 e. The molecule has 0 bridgehead atoms. The standard InChI is InChI=1S/C28H33NO3/c1-2-3-4-5-21-6-8-22(9-7-21)23-10-12-24(13-11-23)25-14-16-26(17-15-25)32-20-29-27(30)18-19-28(29)31/h10-19,21-22H,2-9,20H2,1H3. The van der Waals surface area contributed by atoms with Gasteiger partial charge in [0.25, 0.3) is 11.8 Å². The molecule has 0 unspecified atom stereocenters. The fourth-order valence-corrected chi connectivity index (χ4v) is 4.86. The van der Waals surface area contributed by atoms with Gasteiger partial charge in [-0.2, -0.15) is 0 Å². The van der Waals surface area contributed by atoms with Crippen molar-refractivity contribution >= 4 is 11.8 Å². The summed E-state index contributed by atoms with van der Waals surface area (Å²) in [5.74, 6) is 1.60. The number of amides is 2. The van der Waals surface area contributed by atoms with E-state index in [1.54, 1.807) is 0 Å². The van der Waals surface area contributed by atoms with Crippen LogP contribution in [0.15, 0.2) is 60.7 Å². The highest BCUT2D eigenvalue weighted by atomic mass is 16.5. The summed E-state index contributed by atoms with van der Waals surface area (Å²) in [6.07, 6.45) is 13.4. The molecule has 32 heavy (non-hydrogen) atoms. The van der Waals surface area contributed by atoms with Crippen LogP contribution in [0.2, 0.25) is 0 Å². The average molecular weight is 432 g/mol. The zero-order valence-electron chi connectivity index (χ0n) is 19.0. The second-order valence-corrected chi connectivity index (χ2v) is 9.07. The highest BCUT2D eigenvalue weighted by Crippen LogP contribution is 2.38. The van der Waals surface area contributed by atoms with E-state index in [0.29, 0.717) is 11.7 Å². The van der Waals surface area contributed by atoms with Crippen LogP contribution in [0, 0.1) is 5.92 Å². The minimum atomic E-state index is -0.336. The van der Waals surface area contributed by atoms with Gasteiger partial charge in [0.1, 0.15) is 5.75 Å². The number of carbonyl (C=O) groups is 2. The maximum absolute atomic E-state index is 11.6. The van der Waals surface area contributed by atoms with E-state index in [1.165, 1.54) is 74.6 Å². The molecule has 0 saturated heterocycles. The average Bonchev–Trinajstić information content (AvgIpc) is 3.16. The summed E-state index contributed by atoms with van der Waals surface area (Å²) < 4.78 is 5.60. The Labute approximate surface area is 191 Å². The van der Waals surface area contributed by atoms with Crippen LogP contribution in [-0.2, 0) is 9.59 Å². The number of nitrogens with zero attached hydrogens (tertiary/aromatic N) is 1. The Kier molecular flexibility index (Phi) is 7.41. The van der Waals surface area contributed by atoms with Crippen molar-refractivity contribution in [3.05, 3.63) is 66.2 Å². The summed E-state index contributed by atoms with van der Waals surface area (Å²) >= 11 is 0. The molecule has 1 fully saturated rings. The van der Waals surface area contributed by atoms with Gasteiger partial charge in [0.2, 0.25) is 0 Å². The number of hydrogen-bond acceptors (Lipinski definition) is 3. The number of rotatable bonds is 9. The molecule has 2 amide bonds. The predicted molar refractivity (Wildman–Crippen MR) is 127 cm³/mol. The summed E-state index contributed by atoms with van der Waals surface area (Å²) in [5, 5.41) is 0. The molecule has 168 valence electrons. The van der Waals surface area contributed by atoms with E-state index in [4.69, 9.17) is 4.74 Å². The fraction of sp³-hybridized carbons (Fsp3) is 0.429. The largest absolute Gasteiger partial charge is 0.473 e. The Hall–Kier alpha value is -2.88. The van der Waals surface area contributed by atoms with Gasteiger partial charge < -0.3 is 4.74 Å². The molecule has 4 rings (SSSR count). The zero-order chi connectivity index (χ0) is 22.3. The molecule has 0 aromatic heterocycles. The maximum atomic E-state index is 11.6. The van der Waals surface area contributed by atoms with Gasteiger partial charge in [-0.1, -0.05) is 69.0 Å². The van der Waals surface area contributed by atoms with Gasteiger partial charge in [0.15, 0.2) is 6.73 Å². The first kappa shape index (κ1) is 22.3. The molecule has 2 aromatic rings. The van der Waals surface area contributed by atoms with Crippen molar-refractivity contribution < 1.29 is 14.3 Å². The molecule has 2 aliphatic rings. The minimum absolute atomic E-state index is 0.0699. The van der Waals surface area contributed by atoms with Crippen LogP contribution >= 0.6 is 0 Å². The lowest BCUT2D eigenvalue weighted by molar-refractivity contribution is -0.140.